The number of cyclic esters (lactones) is 1. The van der Waals surface area contributed by atoms with E-state index in [1.807, 2.05) is 33.8 Å². The molecule has 3 rings (SSSR count). The Hall–Kier alpha value is -2.27. The zero-order chi connectivity index (χ0) is 49.5. The standard InChI is InChI=1S/C48H83NO17/c1-13-35(53)31(7)62-40(18-20-51)65-44-32(8)63-46(42(57)41(44)49(9)10)66-43-30(6)37(55)23-39(56)64-38(14-2)34(21-27(3)15-16-36(54)28(4)22-33(43)17-19-50)25-60-47-45(58-11)48(26-52,59-12)24-29(5)61-47/h15-16,19,21,28-35,37-38,40-47,51-53,55,57H,13-14,17-18,20,22-26H2,1-12H3/b16-15+,27-21+/t28-,29?,30+,31-,32-,33+,34-,35-,37-,38-,40+,41?,42?,43-,44-,45?,46+,47-,48?/m1/s1. The predicted molar refractivity (Wildman–Crippen MR) is 242 cm³/mol. The van der Waals surface area contributed by atoms with Gasteiger partial charge in [-0.25, -0.2) is 0 Å². The molecule has 5 unspecified atom stereocenters. The second kappa shape index (κ2) is 27.8. The van der Waals surface area contributed by atoms with Crippen molar-refractivity contribution in [2.24, 2.45) is 23.7 Å². The molecule has 0 aromatic carbocycles. The summed E-state index contributed by atoms with van der Waals surface area (Å²) in [5, 5.41) is 54.4. The fraction of sp³-hybridized carbons (Fsp3) is 0.854. The highest BCUT2D eigenvalue weighted by atomic mass is 16.7. The van der Waals surface area contributed by atoms with Crippen molar-refractivity contribution in [1.82, 2.24) is 4.90 Å². The molecule has 0 saturated carbocycles. The van der Waals surface area contributed by atoms with Crippen LogP contribution in [0.4, 0.5) is 0 Å². The van der Waals surface area contributed by atoms with Crippen molar-refractivity contribution < 1.29 is 82.5 Å². The van der Waals surface area contributed by atoms with Crippen LogP contribution >= 0.6 is 0 Å². The van der Waals surface area contributed by atoms with Gasteiger partial charge in [0.25, 0.3) is 0 Å². The predicted octanol–water partition coefficient (Wildman–Crippen LogP) is 2.86. The molecule has 382 valence electrons. The number of nitrogens with zero attached hydrogens (tertiary/aromatic N) is 1. The van der Waals surface area contributed by atoms with E-state index in [1.165, 1.54) is 20.3 Å². The molecule has 19 atom stereocenters. The minimum Gasteiger partial charge on any atom is -0.462 e. The minimum absolute atomic E-state index is 0.00969. The quantitative estimate of drug-likeness (QED) is 0.0670. The van der Waals surface area contributed by atoms with Crippen LogP contribution in [-0.4, -0.2) is 188 Å². The van der Waals surface area contributed by atoms with Gasteiger partial charge in [0.1, 0.15) is 36.3 Å². The topological polar surface area (TPSA) is 239 Å². The lowest BCUT2D eigenvalue weighted by atomic mass is 9.79. The summed E-state index contributed by atoms with van der Waals surface area (Å²) in [7, 11) is 6.49. The van der Waals surface area contributed by atoms with Crippen LogP contribution in [0.1, 0.15) is 100 Å². The normalized spacial score (nSPS) is 39.4. The molecule has 3 aliphatic rings. The first kappa shape index (κ1) is 58.0. The molecule has 0 bridgehead atoms. The Morgan fingerprint density at radius 2 is 1.71 bits per heavy atom. The number of carbonyl (C=O) groups excluding carboxylic acids is 3. The molecular weight excluding hydrogens is 863 g/mol. The van der Waals surface area contributed by atoms with E-state index < -0.39 is 122 Å². The third-order valence-corrected chi connectivity index (χ3v) is 13.5. The van der Waals surface area contributed by atoms with Gasteiger partial charge in [-0.05, 0) is 73.0 Å². The number of aldehydes is 1. The van der Waals surface area contributed by atoms with Crippen molar-refractivity contribution in [3.8, 4) is 0 Å². The second-order valence-corrected chi connectivity index (χ2v) is 18.7. The molecule has 0 aromatic rings. The number of rotatable bonds is 20. The first-order valence-corrected chi connectivity index (χ1v) is 23.7. The monoisotopic (exact) mass is 946 g/mol. The average molecular weight is 946 g/mol. The van der Waals surface area contributed by atoms with Crippen LogP contribution < -0.4 is 0 Å². The van der Waals surface area contributed by atoms with Crippen LogP contribution in [0.5, 0.6) is 0 Å². The Balaban J connectivity index is 1.97. The number of ether oxygens (including phenoxy) is 9. The summed E-state index contributed by atoms with van der Waals surface area (Å²) >= 11 is 0. The Morgan fingerprint density at radius 1 is 1.02 bits per heavy atom. The van der Waals surface area contributed by atoms with Crippen molar-refractivity contribution >= 4 is 18.0 Å². The van der Waals surface area contributed by atoms with Crippen LogP contribution in [0.25, 0.3) is 0 Å². The number of hydrogen-bond acceptors (Lipinski definition) is 18. The highest BCUT2D eigenvalue weighted by molar-refractivity contribution is 5.91. The molecule has 18 nitrogen and oxygen atoms in total. The SMILES string of the molecule is CC[C@@H](O)[C@@H](C)O[C@H](CCO)O[C@H]1C(N(C)C)C(O)[C@H](O[C@H]2[C@@H](CC=O)C[C@@H](C)C(=O)/C=C/C(C)=C/[C@H](CO[C@@H]3OC(C)CC(CO)(OC)C3OC)[C@@H](CC)OC(=O)C[C@@H](O)[C@@H]2C)O[C@@H]1C. The van der Waals surface area contributed by atoms with Crippen LogP contribution in [0.2, 0.25) is 0 Å². The van der Waals surface area contributed by atoms with Crippen molar-refractivity contribution in [3.63, 3.8) is 0 Å². The van der Waals surface area contributed by atoms with Gasteiger partial charge in [0, 0.05) is 57.8 Å². The molecule has 66 heavy (non-hydrogen) atoms. The van der Waals surface area contributed by atoms with E-state index in [9.17, 15) is 39.9 Å². The van der Waals surface area contributed by atoms with E-state index in [-0.39, 0.29) is 51.0 Å². The van der Waals surface area contributed by atoms with Gasteiger partial charge in [0.2, 0.25) is 0 Å². The number of methoxy groups -OCH3 is 2. The van der Waals surface area contributed by atoms with Crippen LogP contribution in [0.15, 0.2) is 23.8 Å². The van der Waals surface area contributed by atoms with Gasteiger partial charge in [-0.3, -0.25) is 9.59 Å². The second-order valence-electron chi connectivity index (χ2n) is 18.7. The van der Waals surface area contributed by atoms with Gasteiger partial charge in [-0.1, -0.05) is 45.4 Å². The maximum Gasteiger partial charge on any atom is 0.308 e. The lowest BCUT2D eigenvalue weighted by Gasteiger charge is -2.48. The summed E-state index contributed by atoms with van der Waals surface area (Å²) in [6, 6.07) is -0.753. The van der Waals surface area contributed by atoms with Crippen molar-refractivity contribution in [2.45, 2.75) is 192 Å². The molecule has 18 heteroatoms. The number of likely N-dealkylation sites (N-methyl/N-ethyl adjacent to an activating group) is 1. The molecule has 3 heterocycles. The van der Waals surface area contributed by atoms with E-state index in [2.05, 4.69) is 0 Å². The Labute approximate surface area is 392 Å². The number of esters is 1. The highest BCUT2D eigenvalue weighted by Crippen LogP contribution is 2.37. The third-order valence-electron chi connectivity index (χ3n) is 13.5. The van der Waals surface area contributed by atoms with Gasteiger partial charge in [-0.15, -0.1) is 0 Å². The third kappa shape index (κ3) is 15.6. The van der Waals surface area contributed by atoms with Crippen LogP contribution in [0, 0.1) is 23.7 Å². The van der Waals surface area contributed by atoms with Crippen LogP contribution in [-0.2, 0) is 57.0 Å². The fourth-order valence-electron chi connectivity index (χ4n) is 9.47. The van der Waals surface area contributed by atoms with Gasteiger partial charge in [0.05, 0.1) is 62.3 Å². The molecule has 0 aromatic heterocycles. The van der Waals surface area contributed by atoms with Crippen molar-refractivity contribution in [2.75, 3.05) is 48.1 Å². The fourth-order valence-corrected chi connectivity index (χ4v) is 9.47. The highest BCUT2D eigenvalue weighted by Gasteiger charge is 2.52. The van der Waals surface area contributed by atoms with Gasteiger partial charge >= 0.3 is 5.97 Å². The lowest BCUT2D eigenvalue weighted by molar-refractivity contribution is -0.328. The average Bonchev–Trinajstić information content (AvgIpc) is 3.27. The Kier molecular flexibility index (Phi) is 24.4. The Bertz CT molecular complexity index is 1530. The van der Waals surface area contributed by atoms with Gasteiger partial charge in [0.15, 0.2) is 24.7 Å². The largest absolute Gasteiger partial charge is 0.462 e. The summed E-state index contributed by atoms with van der Waals surface area (Å²) in [5.74, 6) is -3.60. The van der Waals surface area contributed by atoms with E-state index in [4.69, 9.17) is 42.6 Å². The Morgan fingerprint density at radius 3 is 2.29 bits per heavy atom. The maximum atomic E-state index is 13.8. The first-order chi connectivity index (χ1) is 31.2. The van der Waals surface area contributed by atoms with Crippen LogP contribution in [0.3, 0.4) is 0 Å². The number of allylic oxidation sites excluding steroid dienone is 3. The van der Waals surface area contributed by atoms with Gasteiger partial charge < -0.3 is 77.9 Å². The summed E-state index contributed by atoms with van der Waals surface area (Å²) in [6.07, 6.45) is -5.13. The van der Waals surface area contributed by atoms with E-state index in [1.54, 1.807) is 52.8 Å². The van der Waals surface area contributed by atoms with Gasteiger partial charge in [-0.2, -0.15) is 0 Å². The van der Waals surface area contributed by atoms with Crippen molar-refractivity contribution in [3.05, 3.63) is 23.8 Å². The molecule has 0 spiro atoms. The van der Waals surface area contributed by atoms with E-state index >= 15 is 0 Å². The first-order valence-electron chi connectivity index (χ1n) is 23.7. The zero-order valence-electron chi connectivity index (χ0n) is 41.4. The molecular formula is C48H83NO17. The summed E-state index contributed by atoms with van der Waals surface area (Å²) in [5.41, 5.74) is -0.396. The summed E-state index contributed by atoms with van der Waals surface area (Å²) in [6.45, 7) is 13.6. The number of carbonyl (C=O) groups is 3. The number of hydrogen-bond donors (Lipinski definition) is 5. The van der Waals surface area contributed by atoms with E-state index in [0.717, 1.165) is 6.29 Å². The smallest absolute Gasteiger partial charge is 0.308 e. The zero-order valence-corrected chi connectivity index (χ0v) is 41.4. The summed E-state index contributed by atoms with van der Waals surface area (Å²) < 4.78 is 55.5. The minimum atomic E-state index is -1.36. The van der Waals surface area contributed by atoms with Crippen molar-refractivity contribution in [1.29, 1.82) is 0 Å². The lowest BCUT2D eigenvalue weighted by Crippen LogP contribution is -2.64. The van der Waals surface area contributed by atoms with E-state index in [0.29, 0.717) is 24.8 Å². The number of aliphatic hydroxyl groups is 5. The number of ketones is 1. The molecule has 3 aliphatic heterocycles. The molecule has 0 amide bonds. The maximum absolute atomic E-state index is 13.8. The molecule has 5 N–H and O–H groups in total. The number of aliphatic hydroxyl groups excluding tert-OH is 5. The molecule has 0 radical (unpaired) electrons. The molecule has 0 aliphatic carbocycles. The molecule has 2 saturated heterocycles. The summed E-state index contributed by atoms with van der Waals surface area (Å²) in [4.78, 5) is 41.7. The molecule has 2 fully saturated rings.